The summed E-state index contributed by atoms with van der Waals surface area (Å²) in [5.41, 5.74) is 2.07. The van der Waals surface area contributed by atoms with Crippen molar-refractivity contribution in [2.75, 3.05) is 42.7 Å². The minimum atomic E-state index is -0.644. The van der Waals surface area contributed by atoms with Crippen molar-refractivity contribution < 1.29 is 57.6 Å². The molecule has 0 bridgehead atoms. The molecule has 4 heterocycles. The number of allylic oxidation sites excluding steroid dienone is 4. The van der Waals surface area contributed by atoms with E-state index in [1.165, 1.54) is 0 Å². The van der Waals surface area contributed by atoms with Gasteiger partial charge >= 0.3 is 0 Å². The average molecular weight is 823 g/mol. The smallest absolute Gasteiger partial charge is 0.158 e. The molecule has 0 aromatic heterocycles. The Bertz CT molecular complexity index is 1330. The molecule has 4 aliphatic heterocycles. The lowest BCUT2D eigenvalue weighted by Crippen LogP contribution is -2.47. The molecule has 1 unspecified atom stereocenters. The van der Waals surface area contributed by atoms with E-state index in [-0.39, 0.29) is 103 Å². The van der Waals surface area contributed by atoms with Crippen LogP contribution in [0.3, 0.4) is 0 Å². The van der Waals surface area contributed by atoms with E-state index in [2.05, 4.69) is 27.7 Å². The molecule has 0 aromatic carbocycles. The van der Waals surface area contributed by atoms with Crippen LogP contribution in [0.4, 0.5) is 0 Å². The van der Waals surface area contributed by atoms with E-state index in [4.69, 9.17) is 47.4 Å². The number of aliphatic hydroxyl groups excluding tert-OH is 2. The first-order valence-corrected chi connectivity index (χ1v) is 21.6. The molecule has 19 atom stereocenters. The Labute approximate surface area is 349 Å². The van der Waals surface area contributed by atoms with Crippen molar-refractivity contribution in [3.8, 4) is 0 Å². The van der Waals surface area contributed by atoms with E-state index in [1.54, 1.807) is 42.7 Å². The van der Waals surface area contributed by atoms with Gasteiger partial charge in [0, 0.05) is 79.2 Å². The van der Waals surface area contributed by atoms with Crippen molar-refractivity contribution in [2.24, 2.45) is 29.6 Å². The average Bonchev–Trinajstić information content (AvgIpc) is 4.18. The van der Waals surface area contributed by atoms with Crippen LogP contribution in [0, 0.1) is 29.6 Å². The van der Waals surface area contributed by atoms with Crippen molar-refractivity contribution in [3.05, 3.63) is 47.6 Å². The SMILES string of the molecule is CC[C@H](OC)[C@@H](C)[C@@H]1O[C@H]1[C@H](O)[C@@H](C)/C=C/C=C(\C)[C@@H]1O[C@@H](OC)CC(CC[C@H](OC)[C@@H](C)[C@@H]2O[C@H]2[C@H](O)[C@@H](C)/C=C/C=C(\C)[C@@H]2O[C@@H](OC)CC[C@H]2OC)[C@@H]1OC. The second kappa shape index (κ2) is 23.6. The Kier molecular flexibility index (Phi) is 20.0. The van der Waals surface area contributed by atoms with Gasteiger partial charge in [0.15, 0.2) is 12.6 Å². The summed E-state index contributed by atoms with van der Waals surface area (Å²) in [5, 5.41) is 22.3. The number of methoxy groups -OCH3 is 6. The van der Waals surface area contributed by atoms with Crippen molar-refractivity contribution in [2.45, 2.75) is 173 Å². The van der Waals surface area contributed by atoms with Gasteiger partial charge in [-0.15, -0.1) is 0 Å². The van der Waals surface area contributed by atoms with Gasteiger partial charge in [-0.25, -0.2) is 0 Å². The Morgan fingerprint density at radius 3 is 1.64 bits per heavy atom. The molecular weight excluding hydrogens is 744 g/mol. The predicted molar refractivity (Wildman–Crippen MR) is 223 cm³/mol. The van der Waals surface area contributed by atoms with E-state index in [1.807, 2.05) is 57.2 Å². The first-order chi connectivity index (χ1) is 27.8. The molecule has 0 spiro atoms. The second-order valence-electron chi connectivity index (χ2n) is 17.2. The summed E-state index contributed by atoms with van der Waals surface area (Å²) in [6, 6.07) is 0. The molecule has 12 heteroatoms. The third-order valence-corrected chi connectivity index (χ3v) is 13.3. The first kappa shape index (κ1) is 49.1. The zero-order valence-corrected chi connectivity index (χ0v) is 37.7. The lowest BCUT2D eigenvalue weighted by Gasteiger charge is -2.41. The van der Waals surface area contributed by atoms with Crippen LogP contribution in [0.5, 0.6) is 0 Å². The topological polar surface area (TPSA) is 139 Å². The van der Waals surface area contributed by atoms with Crippen molar-refractivity contribution >= 4 is 0 Å². The van der Waals surface area contributed by atoms with Crippen molar-refractivity contribution in [3.63, 3.8) is 0 Å². The minimum Gasteiger partial charge on any atom is -0.390 e. The number of aliphatic hydroxyl groups is 2. The fourth-order valence-corrected chi connectivity index (χ4v) is 9.23. The second-order valence-corrected chi connectivity index (χ2v) is 17.2. The summed E-state index contributed by atoms with van der Waals surface area (Å²) in [7, 11) is 10.3. The maximum absolute atomic E-state index is 11.3. The number of hydrogen-bond donors (Lipinski definition) is 2. The predicted octanol–water partition coefficient (Wildman–Crippen LogP) is 6.57. The third kappa shape index (κ3) is 12.8. The third-order valence-electron chi connectivity index (χ3n) is 13.3. The molecule has 0 saturated carbocycles. The van der Waals surface area contributed by atoms with E-state index in [9.17, 15) is 10.2 Å². The highest BCUT2D eigenvalue weighted by molar-refractivity contribution is 5.19. The van der Waals surface area contributed by atoms with Crippen LogP contribution in [0.1, 0.15) is 87.0 Å². The van der Waals surface area contributed by atoms with Gasteiger partial charge in [0.05, 0.1) is 48.8 Å². The van der Waals surface area contributed by atoms with Gasteiger partial charge in [0.2, 0.25) is 0 Å². The van der Waals surface area contributed by atoms with Gasteiger partial charge in [-0.05, 0) is 56.6 Å². The van der Waals surface area contributed by atoms with Crippen LogP contribution in [0.2, 0.25) is 0 Å². The molecule has 0 aromatic rings. The summed E-state index contributed by atoms with van der Waals surface area (Å²) >= 11 is 0. The van der Waals surface area contributed by atoms with E-state index in [0.29, 0.717) is 6.42 Å². The maximum Gasteiger partial charge on any atom is 0.158 e. The normalized spacial score (nSPS) is 36.4. The highest BCUT2D eigenvalue weighted by Gasteiger charge is 2.52. The van der Waals surface area contributed by atoms with Gasteiger partial charge in [0.25, 0.3) is 0 Å². The van der Waals surface area contributed by atoms with Crippen LogP contribution in [0.15, 0.2) is 47.6 Å². The molecule has 4 saturated heterocycles. The van der Waals surface area contributed by atoms with Gasteiger partial charge < -0.3 is 57.6 Å². The lowest BCUT2D eigenvalue weighted by atomic mass is 9.82. The fourth-order valence-electron chi connectivity index (χ4n) is 9.23. The first-order valence-electron chi connectivity index (χ1n) is 21.6. The zero-order chi connectivity index (χ0) is 42.7. The van der Waals surface area contributed by atoms with E-state index >= 15 is 0 Å². The number of hydrogen-bond acceptors (Lipinski definition) is 12. The summed E-state index contributed by atoms with van der Waals surface area (Å²) in [4.78, 5) is 0. The highest BCUT2D eigenvalue weighted by atomic mass is 16.7. The van der Waals surface area contributed by atoms with Gasteiger partial charge in [-0.3, -0.25) is 0 Å². The molecule has 0 radical (unpaired) electrons. The standard InChI is InChI=1S/C46H78O12/c1-14-33(49-8)30(6)42-45(57-42)38(47)27(3)18-16-20-29(5)41-44(54-13)32(25-37(53-12)56-41)21-22-34(50-9)31(7)43-46(58-43)39(48)26(2)17-15-19-28(4)40-35(51-10)23-24-36(52-11)55-40/h15-20,26-27,30-48H,14,21-25H2,1-13H3/b17-15+,18-16+,28-19+,29-20+/t26-,27-,30+,31+,32?,33-,34-,35+,36+,37+,38+,39+,40-,41-,42-,43-,44-,45-,46-/m0/s1. The van der Waals surface area contributed by atoms with Gasteiger partial charge in [-0.1, -0.05) is 71.1 Å². The van der Waals surface area contributed by atoms with Crippen LogP contribution < -0.4 is 0 Å². The Hall–Kier alpha value is -1.52. The fraction of sp³-hybridized carbons (Fsp3) is 0.826. The van der Waals surface area contributed by atoms with Crippen molar-refractivity contribution in [1.29, 1.82) is 0 Å². The summed E-state index contributed by atoms with van der Waals surface area (Å²) in [6.07, 6.45) is 14.0. The quantitative estimate of drug-likeness (QED) is 0.0805. The molecule has 4 rings (SSSR count). The summed E-state index contributed by atoms with van der Waals surface area (Å²) in [6.45, 7) is 14.5. The molecular formula is C46H78O12. The monoisotopic (exact) mass is 823 g/mol. The zero-order valence-electron chi connectivity index (χ0n) is 37.7. The molecule has 2 N–H and O–H groups in total. The molecule has 58 heavy (non-hydrogen) atoms. The minimum absolute atomic E-state index is 0.00621. The number of epoxide rings is 2. The Balaban J connectivity index is 1.29. The maximum atomic E-state index is 11.3. The van der Waals surface area contributed by atoms with Crippen LogP contribution in [0.25, 0.3) is 0 Å². The molecule has 334 valence electrons. The Morgan fingerprint density at radius 1 is 0.638 bits per heavy atom. The number of rotatable bonds is 24. The summed E-state index contributed by atoms with van der Waals surface area (Å²) in [5.74, 6) is 0.262. The van der Waals surface area contributed by atoms with E-state index in [0.717, 1.165) is 43.3 Å². The van der Waals surface area contributed by atoms with E-state index < -0.39 is 12.2 Å². The van der Waals surface area contributed by atoms with Crippen molar-refractivity contribution in [1.82, 2.24) is 0 Å². The van der Waals surface area contributed by atoms with Crippen LogP contribution >= 0.6 is 0 Å². The molecule has 0 amide bonds. The Morgan fingerprint density at radius 2 is 1.16 bits per heavy atom. The molecule has 4 fully saturated rings. The van der Waals surface area contributed by atoms with Gasteiger partial charge in [0.1, 0.15) is 24.4 Å². The largest absolute Gasteiger partial charge is 0.390 e. The highest BCUT2D eigenvalue weighted by Crippen LogP contribution is 2.41. The van der Waals surface area contributed by atoms with Crippen LogP contribution in [-0.4, -0.2) is 139 Å². The van der Waals surface area contributed by atoms with Crippen LogP contribution in [-0.2, 0) is 47.4 Å². The summed E-state index contributed by atoms with van der Waals surface area (Å²) < 4.78 is 59.2. The molecule has 12 nitrogen and oxygen atoms in total. The molecule has 0 aliphatic carbocycles. The lowest BCUT2D eigenvalue weighted by molar-refractivity contribution is -0.225. The molecule has 4 aliphatic rings. The number of ether oxygens (including phenoxy) is 10. The van der Waals surface area contributed by atoms with Gasteiger partial charge in [-0.2, -0.15) is 0 Å².